The zero-order valence-electron chi connectivity index (χ0n) is 7.78. The minimum absolute atomic E-state index is 0.183. The molecule has 5 nitrogen and oxygen atoms in total. The van der Waals surface area contributed by atoms with Crippen molar-refractivity contribution in [3.05, 3.63) is 30.1 Å². The van der Waals surface area contributed by atoms with Gasteiger partial charge >= 0.3 is 0 Å². The Hall–Kier alpha value is -1.78. The predicted octanol–water partition coefficient (Wildman–Crippen LogP) is -0.136. The molecule has 0 amide bonds. The van der Waals surface area contributed by atoms with Gasteiger partial charge in [-0.3, -0.25) is 0 Å². The van der Waals surface area contributed by atoms with Crippen LogP contribution in [-0.4, -0.2) is 15.4 Å². The van der Waals surface area contributed by atoms with Crippen molar-refractivity contribution in [2.75, 3.05) is 0 Å². The van der Waals surface area contributed by atoms with E-state index in [-0.39, 0.29) is 5.82 Å². The Bertz CT molecular complexity index is 361. The van der Waals surface area contributed by atoms with Crippen LogP contribution >= 0.6 is 0 Å². The van der Waals surface area contributed by atoms with E-state index in [4.69, 9.17) is 11.5 Å². The molecule has 0 aliphatic heterocycles. The fourth-order valence-electron chi connectivity index (χ4n) is 0.951. The summed E-state index contributed by atoms with van der Waals surface area (Å²) in [5, 5.41) is 0. The van der Waals surface area contributed by atoms with Crippen LogP contribution in [0.4, 0.5) is 0 Å². The van der Waals surface area contributed by atoms with Gasteiger partial charge in [0.25, 0.3) is 0 Å². The summed E-state index contributed by atoms with van der Waals surface area (Å²) in [7, 11) is 1.89. The molecule has 0 spiro atoms. The number of rotatable bonds is 2. The second-order valence-electron chi connectivity index (χ2n) is 2.78. The summed E-state index contributed by atoms with van der Waals surface area (Å²) in [5.41, 5.74) is 12.5. The highest BCUT2D eigenvalue weighted by Crippen LogP contribution is 2.03. The van der Waals surface area contributed by atoms with E-state index in [1.54, 1.807) is 6.33 Å². The predicted molar refractivity (Wildman–Crippen MR) is 52.0 cm³/mol. The molecule has 0 unspecified atom stereocenters. The van der Waals surface area contributed by atoms with Crippen molar-refractivity contribution in [2.45, 2.75) is 6.92 Å². The second-order valence-corrected chi connectivity index (χ2v) is 2.78. The van der Waals surface area contributed by atoms with Crippen LogP contribution in [0.5, 0.6) is 0 Å². The van der Waals surface area contributed by atoms with Crippen LogP contribution < -0.4 is 11.5 Å². The van der Waals surface area contributed by atoms with E-state index in [2.05, 4.69) is 16.6 Å². The fourth-order valence-corrected chi connectivity index (χ4v) is 0.951. The van der Waals surface area contributed by atoms with Crippen molar-refractivity contribution in [1.29, 1.82) is 0 Å². The number of amidine groups is 1. The van der Waals surface area contributed by atoms with Gasteiger partial charge in [-0.05, 0) is 6.92 Å². The third-order valence-electron chi connectivity index (χ3n) is 1.74. The molecule has 13 heavy (non-hydrogen) atoms. The lowest BCUT2D eigenvalue weighted by Gasteiger charge is -1.99. The minimum Gasteiger partial charge on any atom is -0.384 e. The van der Waals surface area contributed by atoms with Gasteiger partial charge in [0.1, 0.15) is 11.5 Å². The van der Waals surface area contributed by atoms with E-state index < -0.39 is 0 Å². The molecule has 4 N–H and O–H groups in total. The first kappa shape index (κ1) is 9.31. The van der Waals surface area contributed by atoms with Gasteiger partial charge in [0, 0.05) is 12.7 Å². The van der Waals surface area contributed by atoms with Crippen LogP contribution in [0.15, 0.2) is 23.7 Å². The quantitative estimate of drug-likeness (QED) is 0.490. The van der Waals surface area contributed by atoms with E-state index in [0.717, 1.165) is 5.69 Å². The first-order valence-corrected chi connectivity index (χ1v) is 3.79. The Morgan fingerprint density at radius 2 is 2.23 bits per heavy atom. The number of imidazole rings is 1. The number of aromatic nitrogens is 2. The first-order valence-electron chi connectivity index (χ1n) is 3.79. The van der Waals surface area contributed by atoms with Gasteiger partial charge < -0.3 is 16.0 Å². The van der Waals surface area contributed by atoms with Crippen LogP contribution in [0.2, 0.25) is 0 Å². The normalized spacial score (nSPS) is 11.7. The molecule has 0 aliphatic carbocycles. The molecule has 0 saturated heterocycles. The van der Waals surface area contributed by atoms with Crippen molar-refractivity contribution < 1.29 is 0 Å². The SMILES string of the molecule is C=C(N)/N=C(/N)c1ncn(C)c1C. The van der Waals surface area contributed by atoms with E-state index in [1.165, 1.54) is 0 Å². The van der Waals surface area contributed by atoms with Crippen LogP contribution in [0, 0.1) is 6.92 Å². The molecule has 1 aromatic rings. The summed E-state index contributed by atoms with van der Waals surface area (Å²) < 4.78 is 1.86. The molecule has 1 rings (SSSR count). The topological polar surface area (TPSA) is 82.2 Å². The number of nitrogens with two attached hydrogens (primary N) is 2. The third-order valence-corrected chi connectivity index (χ3v) is 1.74. The van der Waals surface area contributed by atoms with E-state index in [9.17, 15) is 0 Å². The van der Waals surface area contributed by atoms with Crippen LogP contribution in [-0.2, 0) is 7.05 Å². The molecule has 0 atom stereocenters. The second kappa shape index (κ2) is 3.30. The third kappa shape index (κ3) is 1.87. The Kier molecular flexibility index (Phi) is 2.36. The molecule has 0 aliphatic rings. The lowest BCUT2D eigenvalue weighted by atomic mass is 10.3. The first-order chi connectivity index (χ1) is 6.02. The van der Waals surface area contributed by atoms with Crippen molar-refractivity contribution >= 4 is 5.84 Å². The van der Waals surface area contributed by atoms with Gasteiger partial charge in [-0.25, -0.2) is 9.98 Å². The van der Waals surface area contributed by atoms with Gasteiger partial charge in [0.05, 0.1) is 6.33 Å². The summed E-state index contributed by atoms with van der Waals surface area (Å²) in [5.74, 6) is 0.480. The average molecular weight is 179 g/mol. The molecule has 0 radical (unpaired) electrons. The molecular weight excluding hydrogens is 166 g/mol. The molecule has 1 aromatic heterocycles. The van der Waals surface area contributed by atoms with Crippen molar-refractivity contribution in [2.24, 2.45) is 23.5 Å². The Morgan fingerprint density at radius 1 is 1.62 bits per heavy atom. The maximum absolute atomic E-state index is 5.64. The van der Waals surface area contributed by atoms with Crippen LogP contribution in [0.3, 0.4) is 0 Å². The largest absolute Gasteiger partial charge is 0.384 e. The lowest BCUT2D eigenvalue weighted by molar-refractivity contribution is 0.873. The summed E-state index contributed by atoms with van der Waals surface area (Å²) in [4.78, 5) is 7.90. The van der Waals surface area contributed by atoms with Gasteiger partial charge in [0.2, 0.25) is 0 Å². The standard InChI is InChI=1S/C8H13N5/c1-5-7(11-4-13(5)3)8(10)12-6(2)9/h4H,2,9H2,1,3H3,(H2,10,12). The monoisotopic (exact) mass is 179 g/mol. The van der Waals surface area contributed by atoms with Gasteiger partial charge in [-0.1, -0.05) is 6.58 Å². The molecule has 5 heteroatoms. The lowest BCUT2D eigenvalue weighted by Crippen LogP contribution is -2.16. The van der Waals surface area contributed by atoms with Crippen LogP contribution in [0.25, 0.3) is 0 Å². The van der Waals surface area contributed by atoms with Crippen molar-refractivity contribution in [1.82, 2.24) is 9.55 Å². The van der Waals surface area contributed by atoms with Crippen LogP contribution in [0.1, 0.15) is 11.4 Å². The highest BCUT2D eigenvalue weighted by molar-refractivity contribution is 5.97. The average Bonchev–Trinajstić information content (AvgIpc) is 2.31. The maximum Gasteiger partial charge on any atom is 0.153 e. The number of nitrogens with zero attached hydrogens (tertiary/aromatic N) is 3. The summed E-state index contributed by atoms with van der Waals surface area (Å²) in [6.45, 7) is 5.34. The summed E-state index contributed by atoms with van der Waals surface area (Å²) in [6, 6.07) is 0. The Morgan fingerprint density at radius 3 is 2.62 bits per heavy atom. The fraction of sp³-hybridized carbons (Fsp3) is 0.250. The number of hydrogen-bond donors (Lipinski definition) is 2. The molecular formula is C8H13N5. The molecule has 70 valence electrons. The number of aliphatic imine (C=N–C) groups is 1. The van der Waals surface area contributed by atoms with E-state index in [1.807, 2.05) is 18.5 Å². The van der Waals surface area contributed by atoms with Gasteiger partial charge in [-0.15, -0.1) is 0 Å². The summed E-state index contributed by atoms with van der Waals surface area (Å²) >= 11 is 0. The van der Waals surface area contributed by atoms with E-state index in [0.29, 0.717) is 11.5 Å². The zero-order valence-corrected chi connectivity index (χ0v) is 7.78. The molecule has 1 heterocycles. The minimum atomic E-state index is 0.183. The Labute approximate surface area is 76.8 Å². The summed E-state index contributed by atoms with van der Waals surface area (Å²) in [6.07, 6.45) is 1.67. The van der Waals surface area contributed by atoms with Gasteiger partial charge in [-0.2, -0.15) is 0 Å². The molecule has 0 bridgehead atoms. The van der Waals surface area contributed by atoms with Gasteiger partial charge in [0.15, 0.2) is 5.84 Å². The maximum atomic E-state index is 5.64. The highest BCUT2D eigenvalue weighted by Gasteiger charge is 2.07. The smallest absolute Gasteiger partial charge is 0.153 e. The molecule has 0 saturated carbocycles. The Balaban J connectivity index is 3.09. The van der Waals surface area contributed by atoms with Crippen molar-refractivity contribution in [3.8, 4) is 0 Å². The molecule has 0 fully saturated rings. The van der Waals surface area contributed by atoms with E-state index >= 15 is 0 Å². The zero-order chi connectivity index (χ0) is 10.0. The van der Waals surface area contributed by atoms with Crippen molar-refractivity contribution in [3.63, 3.8) is 0 Å². The number of hydrogen-bond acceptors (Lipinski definition) is 3. The number of aryl methyl sites for hydroxylation is 1. The highest BCUT2D eigenvalue weighted by atomic mass is 15.1. The molecule has 0 aromatic carbocycles.